The number of fused-ring (bicyclic) bond motifs is 1. The second-order valence-electron chi connectivity index (χ2n) is 8.44. The van der Waals surface area contributed by atoms with Crippen molar-refractivity contribution in [3.05, 3.63) is 60.0 Å². The predicted molar refractivity (Wildman–Crippen MR) is 123 cm³/mol. The summed E-state index contributed by atoms with van der Waals surface area (Å²) in [6, 6.07) is 12.2. The van der Waals surface area contributed by atoms with E-state index in [0.717, 1.165) is 11.2 Å². The third-order valence-electron chi connectivity index (χ3n) is 5.77. The zero-order chi connectivity index (χ0) is 23.4. The van der Waals surface area contributed by atoms with Gasteiger partial charge in [0.1, 0.15) is 0 Å². The summed E-state index contributed by atoms with van der Waals surface area (Å²) in [5.41, 5.74) is 1.64. The fourth-order valence-corrected chi connectivity index (χ4v) is 5.28. The Balaban J connectivity index is 1.38. The molecule has 10 heteroatoms. The summed E-state index contributed by atoms with van der Waals surface area (Å²) in [4.78, 5) is 13.0. The van der Waals surface area contributed by atoms with E-state index in [1.165, 1.54) is 4.31 Å². The van der Waals surface area contributed by atoms with Gasteiger partial charge in [0.25, 0.3) is 0 Å². The van der Waals surface area contributed by atoms with Crippen molar-refractivity contribution < 1.29 is 17.9 Å². The van der Waals surface area contributed by atoms with Crippen molar-refractivity contribution in [3.8, 4) is 0 Å². The van der Waals surface area contributed by atoms with Crippen LogP contribution in [0.3, 0.4) is 0 Å². The lowest BCUT2D eigenvalue weighted by atomic mass is 10.0. The number of nitrogens with one attached hydrogen (secondary N) is 1. The summed E-state index contributed by atoms with van der Waals surface area (Å²) in [7, 11) is -3.52. The van der Waals surface area contributed by atoms with Gasteiger partial charge in [-0.15, -0.1) is 10.2 Å². The molecule has 1 aromatic carbocycles. The molecule has 1 aliphatic heterocycles. The number of pyridine rings is 1. The average Bonchev–Trinajstić information content (AvgIpc) is 3.26. The molecule has 33 heavy (non-hydrogen) atoms. The third-order valence-corrected chi connectivity index (χ3v) is 7.69. The molecule has 176 valence electrons. The number of carbonyl (C=O) groups excluding carboxylic acids is 1. The first-order chi connectivity index (χ1) is 15.9. The number of rotatable bonds is 8. The maximum Gasteiger partial charge on any atom is 0.243 e. The second-order valence-corrected chi connectivity index (χ2v) is 10.4. The monoisotopic (exact) mass is 471 g/mol. The zero-order valence-electron chi connectivity index (χ0n) is 18.8. The molecule has 4 rings (SSSR count). The number of aryl methyl sites for hydroxylation is 1. The Labute approximate surface area is 193 Å². The van der Waals surface area contributed by atoms with Gasteiger partial charge in [-0.05, 0) is 42.2 Å². The van der Waals surface area contributed by atoms with E-state index in [1.54, 1.807) is 24.3 Å². The van der Waals surface area contributed by atoms with Crippen LogP contribution >= 0.6 is 0 Å². The Hall–Kier alpha value is -2.82. The summed E-state index contributed by atoms with van der Waals surface area (Å²) in [6.07, 6.45) is 2.68. The van der Waals surface area contributed by atoms with Gasteiger partial charge in [-0.1, -0.05) is 32.0 Å². The Bertz CT molecular complexity index is 1200. The van der Waals surface area contributed by atoms with Crippen LogP contribution in [0.25, 0.3) is 5.65 Å². The van der Waals surface area contributed by atoms with Gasteiger partial charge >= 0.3 is 0 Å². The number of ether oxygens (including phenoxy) is 1. The zero-order valence-corrected chi connectivity index (χ0v) is 19.7. The largest absolute Gasteiger partial charge is 0.379 e. The maximum absolute atomic E-state index is 12.7. The fraction of sp³-hybridized carbons (Fsp3) is 0.435. The molecule has 1 atom stereocenters. The minimum atomic E-state index is -3.52. The molecule has 2 aromatic heterocycles. The molecule has 9 nitrogen and oxygen atoms in total. The van der Waals surface area contributed by atoms with Crippen LogP contribution in [0.2, 0.25) is 0 Å². The summed E-state index contributed by atoms with van der Waals surface area (Å²) in [5.74, 6) is 0.740. The number of sulfonamides is 1. The first-order valence-corrected chi connectivity index (χ1v) is 12.6. The Morgan fingerprint density at radius 3 is 2.52 bits per heavy atom. The molecule has 1 aliphatic rings. The number of benzene rings is 1. The van der Waals surface area contributed by atoms with Gasteiger partial charge in [0, 0.05) is 25.7 Å². The summed E-state index contributed by atoms with van der Waals surface area (Å²) in [6.45, 7) is 5.61. The van der Waals surface area contributed by atoms with E-state index in [4.69, 9.17) is 4.74 Å². The molecule has 0 spiro atoms. The fourth-order valence-electron chi connectivity index (χ4n) is 3.87. The molecular formula is C23H29N5O4S. The first kappa shape index (κ1) is 23.3. The summed E-state index contributed by atoms with van der Waals surface area (Å²) < 4.78 is 34.1. The number of amides is 1. The molecule has 3 heterocycles. The van der Waals surface area contributed by atoms with Gasteiger partial charge in [-0.25, -0.2) is 8.42 Å². The van der Waals surface area contributed by atoms with Crippen molar-refractivity contribution in [1.29, 1.82) is 0 Å². The van der Waals surface area contributed by atoms with Crippen LogP contribution in [0.1, 0.15) is 37.7 Å². The van der Waals surface area contributed by atoms with Gasteiger partial charge in [0.05, 0.1) is 24.2 Å². The van der Waals surface area contributed by atoms with Crippen LogP contribution in [0, 0.1) is 5.92 Å². The van der Waals surface area contributed by atoms with Gasteiger partial charge in [0.15, 0.2) is 11.5 Å². The first-order valence-electron chi connectivity index (χ1n) is 11.1. The number of morpholine rings is 1. The lowest BCUT2D eigenvalue weighted by molar-refractivity contribution is -0.122. The molecule has 1 amide bonds. The summed E-state index contributed by atoms with van der Waals surface area (Å²) in [5, 5.41) is 11.6. The molecule has 0 aliphatic carbocycles. The van der Waals surface area contributed by atoms with Crippen molar-refractivity contribution in [2.24, 2.45) is 5.92 Å². The normalized spacial score (nSPS) is 16.2. The number of aromatic nitrogens is 3. The van der Waals surface area contributed by atoms with Gasteiger partial charge in [-0.3, -0.25) is 9.20 Å². The lowest BCUT2D eigenvalue weighted by Crippen LogP contribution is -2.40. The highest BCUT2D eigenvalue weighted by Gasteiger charge is 2.26. The van der Waals surface area contributed by atoms with Crippen molar-refractivity contribution in [2.75, 3.05) is 26.3 Å². The highest BCUT2D eigenvalue weighted by Crippen LogP contribution is 2.22. The smallest absolute Gasteiger partial charge is 0.243 e. The quantitative estimate of drug-likeness (QED) is 0.540. The topological polar surface area (TPSA) is 106 Å². The van der Waals surface area contributed by atoms with Crippen LogP contribution in [0.15, 0.2) is 53.6 Å². The van der Waals surface area contributed by atoms with Crippen LogP contribution in [-0.2, 0) is 26.0 Å². The predicted octanol–water partition coefficient (Wildman–Crippen LogP) is 2.20. The lowest BCUT2D eigenvalue weighted by Gasteiger charge is -2.26. The molecule has 1 saturated heterocycles. The minimum absolute atomic E-state index is 0.0913. The van der Waals surface area contributed by atoms with Crippen LogP contribution < -0.4 is 5.32 Å². The van der Waals surface area contributed by atoms with Crippen molar-refractivity contribution in [2.45, 2.75) is 37.6 Å². The van der Waals surface area contributed by atoms with E-state index in [1.807, 2.05) is 42.6 Å². The molecule has 1 fully saturated rings. The van der Waals surface area contributed by atoms with Crippen molar-refractivity contribution >= 4 is 21.6 Å². The molecular weight excluding hydrogens is 442 g/mol. The molecule has 0 saturated carbocycles. The van der Waals surface area contributed by atoms with E-state index >= 15 is 0 Å². The second kappa shape index (κ2) is 9.98. The number of hydrogen-bond donors (Lipinski definition) is 1. The van der Waals surface area contributed by atoms with Crippen LogP contribution in [0.5, 0.6) is 0 Å². The Morgan fingerprint density at radius 2 is 1.82 bits per heavy atom. The molecule has 0 bridgehead atoms. The van der Waals surface area contributed by atoms with Gasteiger partial charge < -0.3 is 10.1 Å². The minimum Gasteiger partial charge on any atom is -0.379 e. The van der Waals surface area contributed by atoms with Gasteiger partial charge in [-0.2, -0.15) is 4.31 Å². The average molecular weight is 472 g/mol. The molecule has 0 unspecified atom stereocenters. The number of nitrogens with zero attached hydrogens (tertiary/aromatic N) is 4. The van der Waals surface area contributed by atoms with Crippen LogP contribution in [0.4, 0.5) is 0 Å². The van der Waals surface area contributed by atoms with Gasteiger partial charge in [0.2, 0.25) is 15.9 Å². The number of carbonyl (C=O) groups is 1. The SMILES string of the molecule is CC(C)[C@H](NC(=O)CCc1ccc(S(=O)(=O)N2CCOCC2)cc1)c1nnc2ccccn12. The Kier molecular flexibility index (Phi) is 7.06. The van der Waals surface area contributed by atoms with E-state index in [2.05, 4.69) is 15.5 Å². The highest BCUT2D eigenvalue weighted by atomic mass is 32.2. The van der Waals surface area contributed by atoms with E-state index in [0.29, 0.717) is 38.5 Å². The van der Waals surface area contributed by atoms with Crippen LogP contribution in [-0.4, -0.2) is 59.5 Å². The summed E-state index contributed by atoms with van der Waals surface area (Å²) >= 11 is 0. The van der Waals surface area contributed by atoms with E-state index in [-0.39, 0.29) is 29.2 Å². The number of hydrogen-bond acceptors (Lipinski definition) is 6. The highest BCUT2D eigenvalue weighted by molar-refractivity contribution is 7.89. The van der Waals surface area contributed by atoms with Crippen molar-refractivity contribution in [3.63, 3.8) is 0 Å². The van der Waals surface area contributed by atoms with E-state index < -0.39 is 10.0 Å². The molecule has 3 aromatic rings. The van der Waals surface area contributed by atoms with Crippen molar-refractivity contribution in [1.82, 2.24) is 24.2 Å². The standard InChI is InChI=1S/C23H29N5O4S/c1-17(2)22(23-26-25-20-5-3-4-12-28(20)23)24-21(29)11-8-18-6-9-19(10-7-18)33(30,31)27-13-15-32-16-14-27/h3-7,9-10,12,17,22H,8,11,13-16H2,1-2H3,(H,24,29)/t22-/m0/s1. The maximum atomic E-state index is 12.7. The third kappa shape index (κ3) is 5.23. The van der Waals surface area contributed by atoms with E-state index in [9.17, 15) is 13.2 Å². The molecule has 1 N–H and O–H groups in total. The molecule has 0 radical (unpaired) electrons. The Morgan fingerprint density at radius 1 is 1.09 bits per heavy atom.